The van der Waals surface area contributed by atoms with Crippen molar-refractivity contribution in [3.63, 3.8) is 0 Å². The van der Waals surface area contributed by atoms with Gasteiger partial charge in [-0.25, -0.2) is 9.97 Å². The number of rotatable bonds is 2. The predicted molar refractivity (Wildman–Crippen MR) is 110 cm³/mol. The SMILES string of the molecule is CC(C)(C)c1ccc(NC(=O)c2cccc3nc4ccccc4nc23)cc1. The summed E-state index contributed by atoms with van der Waals surface area (Å²) in [6, 6.07) is 21.1. The standard InChI is InChI=1S/C23H21N3O/c1-23(2,3)15-11-13-16(14-12-15)24-22(27)17-7-6-10-20-21(17)26-19-9-5-4-8-18(19)25-20/h4-14H,1-3H3,(H,24,27). The third-order valence-corrected chi connectivity index (χ3v) is 4.62. The summed E-state index contributed by atoms with van der Waals surface area (Å²) in [5.41, 5.74) is 5.51. The van der Waals surface area contributed by atoms with Crippen LogP contribution in [0.3, 0.4) is 0 Å². The number of anilines is 1. The quantitative estimate of drug-likeness (QED) is 0.494. The van der Waals surface area contributed by atoms with Crippen molar-refractivity contribution in [2.24, 2.45) is 0 Å². The molecule has 4 heteroatoms. The van der Waals surface area contributed by atoms with E-state index in [2.05, 4.69) is 36.1 Å². The predicted octanol–water partition coefficient (Wildman–Crippen LogP) is 5.33. The van der Waals surface area contributed by atoms with E-state index in [0.29, 0.717) is 16.6 Å². The molecule has 0 bridgehead atoms. The molecule has 0 atom stereocenters. The molecule has 1 heterocycles. The van der Waals surface area contributed by atoms with Crippen molar-refractivity contribution in [1.82, 2.24) is 9.97 Å². The maximum atomic E-state index is 12.9. The van der Waals surface area contributed by atoms with Crippen LogP contribution < -0.4 is 5.32 Å². The first-order valence-corrected chi connectivity index (χ1v) is 8.99. The number of nitrogens with zero attached hydrogens (tertiary/aromatic N) is 2. The number of benzene rings is 3. The molecular weight excluding hydrogens is 334 g/mol. The lowest BCUT2D eigenvalue weighted by Crippen LogP contribution is -2.14. The van der Waals surface area contributed by atoms with E-state index in [-0.39, 0.29) is 11.3 Å². The van der Waals surface area contributed by atoms with Crippen molar-refractivity contribution >= 4 is 33.7 Å². The van der Waals surface area contributed by atoms with E-state index in [1.807, 2.05) is 60.7 Å². The highest BCUT2D eigenvalue weighted by molar-refractivity contribution is 6.12. The molecule has 0 spiro atoms. The van der Waals surface area contributed by atoms with Crippen molar-refractivity contribution in [3.05, 3.63) is 77.9 Å². The van der Waals surface area contributed by atoms with Crippen molar-refractivity contribution < 1.29 is 4.79 Å². The lowest BCUT2D eigenvalue weighted by molar-refractivity contribution is 0.102. The van der Waals surface area contributed by atoms with Gasteiger partial charge in [0, 0.05) is 5.69 Å². The summed E-state index contributed by atoms with van der Waals surface area (Å²) in [5, 5.41) is 2.97. The van der Waals surface area contributed by atoms with Gasteiger partial charge in [-0.3, -0.25) is 4.79 Å². The smallest absolute Gasteiger partial charge is 0.257 e. The van der Waals surface area contributed by atoms with Gasteiger partial charge in [-0.05, 0) is 47.4 Å². The van der Waals surface area contributed by atoms with Gasteiger partial charge in [0.25, 0.3) is 5.91 Å². The largest absolute Gasteiger partial charge is 0.322 e. The molecule has 0 saturated heterocycles. The lowest BCUT2D eigenvalue weighted by Gasteiger charge is -2.19. The summed E-state index contributed by atoms with van der Waals surface area (Å²) in [6.45, 7) is 6.50. The van der Waals surface area contributed by atoms with E-state index >= 15 is 0 Å². The first-order valence-electron chi connectivity index (χ1n) is 8.99. The molecule has 3 aromatic carbocycles. The van der Waals surface area contributed by atoms with Gasteiger partial charge in [0.15, 0.2) is 0 Å². The molecule has 4 rings (SSSR count). The molecule has 1 N–H and O–H groups in total. The molecule has 0 saturated carbocycles. The minimum atomic E-state index is -0.186. The molecule has 27 heavy (non-hydrogen) atoms. The Bertz CT molecular complexity index is 1140. The minimum Gasteiger partial charge on any atom is -0.322 e. The van der Waals surface area contributed by atoms with Crippen LogP contribution in [-0.4, -0.2) is 15.9 Å². The second-order valence-electron chi connectivity index (χ2n) is 7.67. The van der Waals surface area contributed by atoms with E-state index in [1.165, 1.54) is 5.56 Å². The summed E-state index contributed by atoms with van der Waals surface area (Å²) >= 11 is 0. The van der Waals surface area contributed by atoms with Crippen LogP contribution in [0.1, 0.15) is 36.7 Å². The molecule has 0 aliphatic heterocycles. The van der Waals surface area contributed by atoms with Crippen molar-refractivity contribution in [2.75, 3.05) is 5.32 Å². The van der Waals surface area contributed by atoms with Crippen LogP contribution >= 0.6 is 0 Å². The number of hydrogen-bond donors (Lipinski definition) is 1. The van der Waals surface area contributed by atoms with Gasteiger partial charge >= 0.3 is 0 Å². The number of carbonyl (C=O) groups excluding carboxylic acids is 1. The molecule has 4 aromatic rings. The number of aromatic nitrogens is 2. The molecule has 1 amide bonds. The van der Waals surface area contributed by atoms with Gasteiger partial charge in [0.2, 0.25) is 0 Å². The topological polar surface area (TPSA) is 54.9 Å². The summed E-state index contributed by atoms with van der Waals surface area (Å²) in [7, 11) is 0. The van der Waals surface area contributed by atoms with E-state index in [9.17, 15) is 4.79 Å². The highest BCUT2D eigenvalue weighted by Gasteiger charge is 2.15. The molecule has 1 aromatic heterocycles. The molecule has 0 radical (unpaired) electrons. The van der Waals surface area contributed by atoms with Crippen LogP contribution in [0.2, 0.25) is 0 Å². The Kier molecular flexibility index (Phi) is 4.11. The Morgan fingerprint density at radius 1 is 0.778 bits per heavy atom. The van der Waals surface area contributed by atoms with E-state index in [1.54, 1.807) is 6.07 Å². The number of nitrogens with one attached hydrogen (secondary N) is 1. The fourth-order valence-electron chi connectivity index (χ4n) is 3.08. The second kappa shape index (κ2) is 6.47. The lowest BCUT2D eigenvalue weighted by atomic mass is 9.87. The zero-order valence-electron chi connectivity index (χ0n) is 15.7. The summed E-state index contributed by atoms with van der Waals surface area (Å²) in [4.78, 5) is 22.2. The Morgan fingerprint density at radius 3 is 2.07 bits per heavy atom. The van der Waals surface area contributed by atoms with E-state index < -0.39 is 0 Å². The first-order chi connectivity index (χ1) is 12.9. The average Bonchev–Trinajstić information content (AvgIpc) is 2.65. The number of amides is 1. The Morgan fingerprint density at radius 2 is 1.41 bits per heavy atom. The van der Waals surface area contributed by atoms with Crippen LogP contribution in [0.15, 0.2) is 66.7 Å². The minimum absolute atomic E-state index is 0.0782. The Labute approximate surface area is 158 Å². The van der Waals surface area contributed by atoms with Gasteiger partial charge in [0.1, 0.15) is 5.52 Å². The van der Waals surface area contributed by atoms with Crippen molar-refractivity contribution in [1.29, 1.82) is 0 Å². The Hall–Kier alpha value is -3.27. The van der Waals surface area contributed by atoms with Crippen LogP contribution in [-0.2, 0) is 5.41 Å². The third-order valence-electron chi connectivity index (χ3n) is 4.62. The fourth-order valence-corrected chi connectivity index (χ4v) is 3.08. The highest BCUT2D eigenvalue weighted by Crippen LogP contribution is 2.24. The van der Waals surface area contributed by atoms with Crippen LogP contribution in [0.25, 0.3) is 22.1 Å². The van der Waals surface area contributed by atoms with Gasteiger partial charge in [-0.2, -0.15) is 0 Å². The summed E-state index contributed by atoms with van der Waals surface area (Å²) in [5.74, 6) is -0.186. The van der Waals surface area contributed by atoms with Crippen LogP contribution in [0.4, 0.5) is 5.69 Å². The van der Waals surface area contributed by atoms with Gasteiger partial charge < -0.3 is 5.32 Å². The third kappa shape index (κ3) is 3.38. The number of para-hydroxylation sites is 3. The monoisotopic (exact) mass is 355 g/mol. The van der Waals surface area contributed by atoms with Crippen molar-refractivity contribution in [2.45, 2.75) is 26.2 Å². The number of fused-ring (bicyclic) bond motifs is 2. The molecule has 0 unspecified atom stereocenters. The van der Waals surface area contributed by atoms with Crippen molar-refractivity contribution in [3.8, 4) is 0 Å². The van der Waals surface area contributed by atoms with E-state index in [0.717, 1.165) is 16.7 Å². The molecule has 0 aliphatic rings. The number of carbonyl (C=O) groups is 1. The highest BCUT2D eigenvalue weighted by atomic mass is 16.1. The van der Waals surface area contributed by atoms with Gasteiger partial charge in [0.05, 0.1) is 22.1 Å². The summed E-state index contributed by atoms with van der Waals surface area (Å²) < 4.78 is 0. The molecule has 0 fully saturated rings. The molecule has 0 aliphatic carbocycles. The normalized spacial score (nSPS) is 11.7. The molecule has 4 nitrogen and oxygen atoms in total. The Balaban J connectivity index is 1.69. The van der Waals surface area contributed by atoms with Crippen LogP contribution in [0.5, 0.6) is 0 Å². The zero-order valence-corrected chi connectivity index (χ0v) is 15.7. The van der Waals surface area contributed by atoms with Gasteiger partial charge in [-0.1, -0.05) is 51.1 Å². The second-order valence-corrected chi connectivity index (χ2v) is 7.67. The average molecular weight is 355 g/mol. The zero-order chi connectivity index (χ0) is 19.0. The number of hydrogen-bond acceptors (Lipinski definition) is 3. The molecule has 134 valence electrons. The fraction of sp³-hybridized carbons (Fsp3) is 0.174. The first kappa shape index (κ1) is 17.2. The summed E-state index contributed by atoms with van der Waals surface area (Å²) in [6.07, 6.45) is 0. The maximum Gasteiger partial charge on any atom is 0.257 e. The maximum absolute atomic E-state index is 12.9. The van der Waals surface area contributed by atoms with Gasteiger partial charge in [-0.15, -0.1) is 0 Å². The molecular formula is C23H21N3O. The van der Waals surface area contributed by atoms with Crippen LogP contribution in [0, 0.1) is 0 Å². The van der Waals surface area contributed by atoms with E-state index in [4.69, 9.17) is 0 Å².